The van der Waals surface area contributed by atoms with Crippen LogP contribution >= 0.6 is 0 Å². The van der Waals surface area contributed by atoms with E-state index in [2.05, 4.69) is 10.2 Å². The molecule has 2 aliphatic rings. The Labute approximate surface area is 168 Å². The number of amides is 1. The molecule has 1 aromatic heterocycles. The zero-order valence-corrected chi connectivity index (χ0v) is 16.0. The Kier molecular flexibility index (Phi) is 5.27. The summed E-state index contributed by atoms with van der Waals surface area (Å²) >= 11 is 0. The van der Waals surface area contributed by atoms with Gasteiger partial charge in [-0.1, -0.05) is 6.07 Å². The molecule has 1 fully saturated rings. The minimum Gasteiger partial charge on any atom is -0.337 e. The monoisotopic (exact) mass is 430 g/mol. The van der Waals surface area contributed by atoms with Crippen LogP contribution < -0.4 is 0 Å². The fourth-order valence-corrected chi connectivity index (χ4v) is 4.15. The largest absolute Gasteiger partial charge is 0.419 e. The lowest BCUT2D eigenvalue weighted by Crippen LogP contribution is -2.39. The van der Waals surface area contributed by atoms with Gasteiger partial charge >= 0.3 is 6.18 Å². The van der Waals surface area contributed by atoms with E-state index in [0.29, 0.717) is 19.2 Å². The maximum absolute atomic E-state index is 13.9. The van der Waals surface area contributed by atoms with Crippen LogP contribution in [-0.4, -0.2) is 46.3 Å². The lowest BCUT2D eigenvalue weighted by Gasteiger charge is -2.33. The van der Waals surface area contributed by atoms with Crippen molar-refractivity contribution in [2.24, 2.45) is 0 Å². The van der Waals surface area contributed by atoms with Crippen molar-refractivity contribution in [3.63, 3.8) is 0 Å². The van der Waals surface area contributed by atoms with Gasteiger partial charge < -0.3 is 9.74 Å². The minimum atomic E-state index is -5.00. The molecule has 0 unspecified atom stereocenters. The first-order valence-electron chi connectivity index (χ1n) is 9.40. The highest BCUT2D eigenvalue weighted by Gasteiger charge is 2.41. The van der Waals surface area contributed by atoms with Gasteiger partial charge in [-0.25, -0.2) is 8.78 Å². The van der Waals surface area contributed by atoms with Gasteiger partial charge in [0, 0.05) is 18.7 Å². The topological polar surface area (TPSA) is 61.5 Å². The van der Waals surface area contributed by atoms with Gasteiger partial charge in [0.15, 0.2) is 17.3 Å². The first-order chi connectivity index (χ1) is 14.2. The Morgan fingerprint density at radius 3 is 2.53 bits per heavy atom. The summed E-state index contributed by atoms with van der Waals surface area (Å²) in [6.07, 6.45) is -4.59. The molecule has 6 nitrogen and oxygen atoms in total. The van der Waals surface area contributed by atoms with Gasteiger partial charge in [-0.05, 0) is 30.4 Å². The number of piperidine rings is 1. The Morgan fingerprint density at radius 2 is 1.90 bits per heavy atom. The average molecular weight is 430 g/mol. The van der Waals surface area contributed by atoms with E-state index in [1.807, 2.05) is 0 Å². The van der Waals surface area contributed by atoms with Crippen LogP contribution in [-0.2, 0) is 24.1 Å². The van der Waals surface area contributed by atoms with Crippen LogP contribution in [0.5, 0.6) is 0 Å². The second kappa shape index (κ2) is 7.62. The van der Waals surface area contributed by atoms with Crippen molar-refractivity contribution < 1.29 is 31.6 Å². The molecule has 1 saturated heterocycles. The number of carbonyl (C=O) groups is 1. The summed E-state index contributed by atoms with van der Waals surface area (Å²) in [4.78, 5) is 19.6. The highest BCUT2D eigenvalue weighted by atomic mass is 19.4. The fourth-order valence-electron chi connectivity index (χ4n) is 4.15. The molecule has 2 aromatic rings. The maximum Gasteiger partial charge on any atom is 0.419 e. The fraction of sp³-hybridized carbons (Fsp3) is 0.474. The lowest BCUT2D eigenvalue weighted by molar-refractivity contribution is -0.141. The number of benzene rings is 1. The molecule has 0 bridgehead atoms. The Balaban J connectivity index is 1.50. The summed E-state index contributed by atoms with van der Waals surface area (Å²) in [5.74, 6) is -4.36. The van der Waals surface area contributed by atoms with E-state index in [4.69, 9.17) is 4.84 Å². The number of hydrogen-bond acceptors (Lipinski definition) is 4. The zero-order valence-electron chi connectivity index (χ0n) is 16.0. The number of aromatic nitrogens is 2. The molecule has 0 radical (unpaired) electrons. The van der Waals surface area contributed by atoms with Crippen molar-refractivity contribution in [3.05, 3.63) is 51.8 Å². The average Bonchev–Trinajstić information content (AvgIpc) is 3.29. The molecule has 0 atom stereocenters. The van der Waals surface area contributed by atoms with Crippen LogP contribution in [0.15, 0.2) is 12.1 Å². The Bertz CT molecular complexity index is 967. The van der Waals surface area contributed by atoms with Gasteiger partial charge in [0.2, 0.25) is 0 Å². The molecule has 1 amide bonds. The summed E-state index contributed by atoms with van der Waals surface area (Å²) in [5.41, 5.74) is -0.0376. The number of halogens is 5. The molecule has 1 aromatic carbocycles. The second-order valence-corrected chi connectivity index (χ2v) is 7.40. The first kappa shape index (κ1) is 20.7. The number of nitrogens with zero attached hydrogens (tertiary/aromatic N) is 3. The number of alkyl halides is 3. The molecule has 11 heteroatoms. The van der Waals surface area contributed by atoms with Crippen LogP contribution in [0.3, 0.4) is 0 Å². The lowest BCUT2D eigenvalue weighted by atomic mass is 9.86. The van der Waals surface area contributed by atoms with Crippen molar-refractivity contribution in [1.82, 2.24) is 20.2 Å². The maximum atomic E-state index is 13.9. The number of fused-ring (bicyclic) bond motifs is 1. The van der Waals surface area contributed by atoms with Gasteiger partial charge in [0.1, 0.15) is 0 Å². The summed E-state index contributed by atoms with van der Waals surface area (Å²) in [7, 11) is 1.53. The zero-order chi connectivity index (χ0) is 21.6. The van der Waals surface area contributed by atoms with E-state index < -0.39 is 29.3 Å². The SMILES string of the molecule is CON1Cc2[nH]nc(C(=O)N3CCC(c4ccc(F)c(F)c4C(F)(F)F)CC3)c2C1. The number of hydroxylamine groups is 2. The Morgan fingerprint density at radius 1 is 1.20 bits per heavy atom. The molecule has 0 saturated carbocycles. The van der Waals surface area contributed by atoms with Gasteiger partial charge in [0.05, 0.1) is 31.5 Å². The van der Waals surface area contributed by atoms with Crippen molar-refractivity contribution in [1.29, 1.82) is 0 Å². The minimum absolute atomic E-state index is 0.190. The van der Waals surface area contributed by atoms with Gasteiger partial charge in [-0.15, -0.1) is 0 Å². The Hall–Kier alpha value is -2.53. The number of rotatable bonds is 3. The van der Waals surface area contributed by atoms with Gasteiger partial charge in [0.25, 0.3) is 5.91 Å². The highest BCUT2D eigenvalue weighted by molar-refractivity contribution is 5.94. The van der Waals surface area contributed by atoms with Crippen LogP contribution in [0, 0.1) is 11.6 Å². The first-order valence-corrected chi connectivity index (χ1v) is 9.40. The third-order valence-corrected chi connectivity index (χ3v) is 5.72. The molecule has 0 spiro atoms. The summed E-state index contributed by atoms with van der Waals surface area (Å²) in [6, 6.07) is 1.70. The normalized spacial score (nSPS) is 18.1. The third kappa shape index (κ3) is 3.56. The molecule has 30 heavy (non-hydrogen) atoms. The van der Waals surface area contributed by atoms with Crippen LogP contribution in [0.4, 0.5) is 22.0 Å². The molecular weight excluding hydrogens is 411 g/mol. The second-order valence-electron chi connectivity index (χ2n) is 7.40. The highest BCUT2D eigenvalue weighted by Crippen LogP contribution is 2.41. The van der Waals surface area contributed by atoms with Crippen molar-refractivity contribution in [2.45, 2.75) is 38.0 Å². The molecule has 2 aliphatic heterocycles. The quantitative estimate of drug-likeness (QED) is 0.756. The standard InChI is InChI=1S/C19H19F5N4O2/c1-30-28-8-12-14(9-28)25-26-17(12)18(29)27-6-4-10(5-7-27)11-2-3-13(20)16(21)15(11)19(22,23)24/h2-3,10H,4-9H2,1H3,(H,25,26). The summed E-state index contributed by atoms with van der Waals surface area (Å²) < 4.78 is 67.3. The third-order valence-electron chi connectivity index (χ3n) is 5.72. The van der Waals surface area contributed by atoms with Crippen molar-refractivity contribution >= 4 is 5.91 Å². The number of nitrogens with one attached hydrogen (secondary N) is 1. The van der Waals surface area contributed by atoms with Crippen molar-refractivity contribution in [2.75, 3.05) is 20.2 Å². The molecule has 1 N–H and O–H groups in total. The molecule has 4 rings (SSSR count). The predicted octanol–water partition coefficient (Wildman–Crippen LogP) is 3.60. The summed E-state index contributed by atoms with van der Waals surface area (Å²) in [6.45, 7) is 1.26. The van der Waals surface area contributed by atoms with Crippen LogP contribution in [0.1, 0.15) is 51.6 Å². The van der Waals surface area contributed by atoms with E-state index in [-0.39, 0.29) is 43.1 Å². The molecule has 162 valence electrons. The molecule has 3 heterocycles. The molecule has 0 aliphatic carbocycles. The van der Waals surface area contributed by atoms with E-state index in [0.717, 1.165) is 17.3 Å². The molecular formula is C19H19F5N4O2. The van der Waals surface area contributed by atoms with Crippen LogP contribution in [0.25, 0.3) is 0 Å². The number of likely N-dealkylation sites (tertiary alicyclic amines) is 1. The van der Waals surface area contributed by atoms with Crippen molar-refractivity contribution in [3.8, 4) is 0 Å². The number of aromatic amines is 1. The smallest absolute Gasteiger partial charge is 0.337 e. The predicted molar refractivity (Wildman–Crippen MR) is 94.1 cm³/mol. The van der Waals surface area contributed by atoms with E-state index in [9.17, 15) is 26.7 Å². The number of carbonyl (C=O) groups excluding carboxylic acids is 1. The van der Waals surface area contributed by atoms with E-state index in [1.54, 1.807) is 5.06 Å². The van der Waals surface area contributed by atoms with Crippen LogP contribution in [0.2, 0.25) is 0 Å². The van der Waals surface area contributed by atoms with Gasteiger partial charge in [-0.3, -0.25) is 9.89 Å². The summed E-state index contributed by atoms with van der Waals surface area (Å²) in [5, 5.41) is 8.57. The van der Waals surface area contributed by atoms with Gasteiger partial charge in [-0.2, -0.15) is 23.3 Å². The van der Waals surface area contributed by atoms with E-state index in [1.165, 1.54) is 12.0 Å². The number of H-pyrrole nitrogens is 1. The van der Waals surface area contributed by atoms with E-state index >= 15 is 0 Å². The number of hydrogen-bond donors (Lipinski definition) is 1.